The van der Waals surface area contributed by atoms with Crippen LogP contribution in [0.5, 0.6) is 0 Å². The molecule has 0 amide bonds. The van der Waals surface area contributed by atoms with Gasteiger partial charge >= 0.3 is 0 Å². The van der Waals surface area contributed by atoms with Crippen molar-refractivity contribution in [2.45, 2.75) is 38.3 Å². The molecule has 2 saturated heterocycles. The average Bonchev–Trinajstić information content (AvgIpc) is 2.92. The van der Waals surface area contributed by atoms with Gasteiger partial charge in [-0.05, 0) is 66.0 Å². The first-order chi connectivity index (χ1) is 9.72. The van der Waals surface area contributed by atoms with Gasteiger partial charge in [0, 0.05) is 35.8 Å². The average molecular weight is 338 g/mol. The smallest absolute Gasteiger partial charge is 0.0458 e. The molecule has 0 aromatic heterocycles. The highest BCUT2D eigenvalue weighted by molar-refractivity contribution is 9.10. The molecule has 0 saturated carbocycles. The van der Waals surface area contributed by atoms with Crippen molar-refractivity contribution in [3.63, 3.8) is 0 Å². The van der Waals surface area contributed by atoms with Crippen LogP contribution in [-0.4, -0.2) is 42.0 Å². The topological polar surface area (TPSA) is 32.5 Å². The molecule has 2 fully saturated rings. The van der Waals surface area contributed by atoms with Crippen molar-refractivity contribution >= 4 is 21.6 Å². The van der Waals surface area contributed by atoms with E-state index in [9.17, 15) is 0 Å². The number of anilines is 1. The number of piperidine rings is 1. The van der Waals surface area contributed by atoms with Crippen LogP contribution in [0.4, 0.5) is 5.69 Å². The highest BCUT2D eigenvalue weighted by Gasteiger charge is 2.28. The van der Waals surface area contributed by atoms with Crippen molar-refractivity contribution in [3.8, 4) is 0 Å². The normalized spacial score (nSPS) is 25.1. The van der Waals surface area contributed by atoms with Gasteiger partial charge < -0.3 is 5.73 Å². The summed E-state index contributed by atoms with van der Waals surface area (Å²) in [5, 5.41) is 0. The van der Waals surface area contributed by atoms with Gasteiger partial charge in [-0.1, -0.05) is 12.5 Å². The molecule has 2 heterocycles. The minimum atomic E-state index is 0.785. The number of nitrogens with zero attached hydrogens (tertiary/aromatic N) is 2. The van der Waals surface area contributed by atoms with Crippen molar-refractivity contribution in [2.75, 3.05) is 31.9 Å². The third kappa shape index (κ3) is 3.35. The molecule has 0 spiro atoms. The fourth-order valence-electron chi connectivity index (χ4n) is 3.46. The Morgan fingerprint density at radius 3 is 2.70 bits per heavy atom. The Kier molecular flexibility index (Phi) is 4.64. The maximum absolute atomic E-state index is 5.85. The molecule has 3 nitrogen and oxygen atoms in total. The van der Waals surface area contributed by atoms with Gasteiger partial charge in [0.05, 0.1) is 0 Å². The van der Waals surface area contributed by atoms with Gasteiger partial charge in [0.25, 0.3) is 0 Å². The zero-order valence-electron chi connectivity index (χ0n) is 12.0. The Morgan fingerprint density at radius 1 is 1.15 bits per heavy atom. The van der Waals surface area contributed by atoms with Crippen LogP contribution >= 0.6 is 15.9 Å². The summed E-state index contributed by atoms with van der Waals surface area (Å²) >= 11 is 3.52. The Bertz CT molecular complexity index is 457. The molecule has 0 aliphatic carbocycles. The molecule has 110 valence electrons. The fraction of sp³-hybridized carbons (Fsp3) is 0.625. The summed E-state index contributed by atoms with van der Waals surface area (Å²) in [4.78, 5) is 5.29. The number of hydrogen-bond donors (Lipinski definition) is 1. The second-order valence-corrected chi connectivity index (χ2v) is 6.98. The standard InChI is InChI=1S/C16H24BrN3/c17-15-10-13(4-5-16(15)18)11-19-9-6-14(12-19)20-7-2-1-3-8-20/h4-5,10,14H,1-3,6-9,11-12,18H2. The minimum Gasteiger partial charge on any atom is -0.398 e. The van der Waals surface area contributed by atoms with Gasteiger partial charge in [-0.3, -0.25) is 9.80 Å². The molecule has 1 aromatic carbocycles. The summed E-state index contributed by atoms with van der Waals surface area (Å²) in [5.74, 6) is 0. The van der Waals surface area contributed by atoms with Crippen molar-refractivity contribution in [1.82, 2.24) is 9.80 Å². The SMILES string of the molecule is Nc1ccc(CN2CCC(N3CCCCC3)C2)cc1Br. The zero-order chi connectivity index (χ0) is 13.9. The van der Waals surface area contributed by atoms with Crippen LogP contribution in [0.3, 0.4) is 0 Å². The molecule has 2 N–H and O–H groups in total. The van der Waals surface area contributed by atoms with Crippen LogP contribution in [0.2, 0.25) is 0 Å². The van der Waals surface area contributed by atoms with E-state index in [0.29, 0.717) is 0 Å². The maximum atomic E-state index is 5.85. The Morgan fingerprint density at radius 2 is 1.95 bits per heavy atom. The van der Waals surface area contributed by atoms with Crippen LogP contribution in [-0.2, 0) is 6.54 Å². The number of nitrogens with two attached hydrogens (primary N) is 1. The minimum absolute atomic E-state index is 0.785. The summed E-state index contributed by atoms with van der Waals surface area (Å²) in [7, 11) is 0. The fourth-order valence-corrected chi connectivity index (χ4v) is 3.89. The van der Waals surface area contributed by atoms with E-state index in [1.807, 2.05) is 6.07 Å². The molecule has 1 atom stereocenters. The number of hydrogen-bond acceptors (Lipinski definition) is 3. The molecule has 1 unspecified atom stereocenters. The number of benzene rings is 1. The lowest BCUT2D eigenvalue weighted by molar-refractivity contribution is 0.161. The Balaban J connectivity index is 1.55. The van der Waals surface area contributed by atoms with Crippen molar-refractivity contribution < 1.29 is 0 Å². The molecule has 2 aliphatic rings. The van der Waals surface area contributed by atoms with Gasteiger partial charge in [0.1, 0.15) is 0 Å². The van der Waals surface area contributed by atoms with Crippen LogP contribution < -0.4 is 5.73 Å². The predicted octanol–water partition coefficient (Wildman–Crippen LogP) is 3.09. The van der Waals surface area contributed by atoms with E-state index >= 15 is 0 Å². The molecule has 2 aliphatic heterocycles. The number of likely N-dealkylation sites (tertiary alicyclic amines) is 2. The number of nitrogen functional groups attached to an aromatic ring is 1. The Labute approximate surface area is 130 Å². The van der Waals surface area contributed by atoms with Gasteiger partial charge in [-0.2, -0.15) is 0 Å². The van der Waals surface area contributed by atoms with E-state index in [2.05, 4.69) is 37.9 Å². The molecule has 3 rings (SSSR count). The highest BCUT2D eigenvalue weighted by Crippen LogP contribution is 2.24. The lowest BCUT2D eigenvalue weighted by Crippen LogP contribution is -2.40. The van der Waals surface area contributed by atoms with Crippen LogP contribution in [0, 0.1) is 0 Å². The third-order valence-electron chi connectivity index (χ3n) is 4.63. The lowest BCUT2D eigenvalue weighted by Gasteiger charge is -2.32. The van der Waals surface area contributed by atoms with Gasteiger partial charge in [0.15, 0.2) is 0 Å². The summed E-state index contributed by atoms with van der Waals surface area (Å²) < 4.78 is 1.02. The largest absolute Gasteiger partial charge is 0.398 e. The van der Waals surface area contributed by atoms with Crippen LogP contribution in [0.15, 0.2) is 22.7 Å². The number of halogens is 1. The molecular formula is C16H24BrN3. The van der Waals surface area contributed by atoms with Crippen molar-refractivity contribution in [3.05, 3.63) is 28.2 Å². The van der Waals surface area contributed by atoms with Gasteiger partial charge in [-0.15, -0.1) is 0 Å². The Hall–Kier alpha value is -0.580. The third-order valence-corrected chi connectivity index (χ3v) is 5.31. The first-order valence-corrected chi connectivity index (χ1v) is 8.52. The molecule has 4 heteroatoms. The van der Waals surface area contributed by atoms with Gasteiger partial charge in [0.2, 0.25) is 0 Å². The van der Waals surface area contributed by atoms with E-state index in [0.717, 1.165) is 22.7 Å². The predicted molar refractivity (Wildman–Crippen MR) is 87.7 cm³/mol. The number of rotatable bonds is 3. The summed E-state index contributed by atoms with van der Waals surface area (Å²) in [5.41, 5.74) is 8.02. The highest BCUT2D eigenvalue weighted by atomic mass is 79.9. The van der Waals surface area contributed by atoms with E-state index in [4.69, 9.17) is 5.73 Å². The quantitative estimate of drug-likeness (QED) is 0.860. The van der Waals surface area contributed by atoms with E-state index in [1.165, 1.54) is 57.4 Å². The lowest BCUT2D eigenvalue weighted by atomic mass is 10.1. The van der Waals surface area contributed by atoms with E-state index < -0.39 is 0 Å². The molecular weight excluding hydrogens is 314 g/mol. The summed E-state index contributed by atoms with van der Waals surface area (Å²) in [6, 6.07) is 7.09. The molecule has 0 radical (unpaired) electrons. The van der Waals surface area contributed by atoms with Gasteiger partial charge in [-0.25, -0.2) is 0 Å². The second-order valence-electron chi connectivity index (χ2n) is 6.13. The van der Waals surface area contributed by atoms with Crippen LogP contribution in [0.1, 0.15) is 31.2 Å². The molecule has 0 bridgehead atoms. The van der Waals surface area contributed by atoms with Crippen molar-refractivity contribution in [1.29, 1.82) is 0 Å². The first kappa shape index (κ1) is 14.4. The van der Waals surface area contributed by atoms with E-state index in [1.54, 1.807) is 0 Å². The first-order valence-electron chi connectivity index (χ1n) is 7.73. The maximum Gasteiger partial charge on any atom is 0.0458 e. The van der Waals surface area contributed by atoms with E-state index in [-0.39, 0.29) is 0 Å². The second kappa shape index (κ2) is 6.46. The summed E-state index contributed by atoms with van der Waals surface area (Å²) in [6.07, 6.45) is 5.53. The van der Waals surface area contributed by atoms with Crippen LogP contribution in [0.25, 0.3) is 0 Å². The molecule has 20 heavy (non-hydrogen) atoms. The monoisotopic (exact) mass is 337 g/mol. The summed E-state index contributed by atoms with van der Waals surface area (Å²) in [6.45, 7) is 6.12. The molecule has 1 aromatic rings. The zero-order valence-corrected chi connectivity index (χ0v) is 13.6. The van der Waals surface area contributed by atoms with Crippen molar-refractivity contribution in [2.24, 2.45) is 0 Å².